The number of ether oxygens (including phenoxy) is 2. The molecule has 7 nitrogen and oxygen atoms in total. The van der Waals surface area contributed by atoms with Crippen molar-refractivity contribution in [2.24, 2.45) is 0 Å². The number of aromatic hydroxyl groups is 1. The van der Waals surface area contributed by atoms with E-state index in [1.807, 2.05) is 25.1 Å². The molecule has 146 valence electrons. The second-order valence-corrected chi connectivity index (χ2v) is 8.70. The molecule has 2 aromatic carbocycles. The Morgan fingerprint density at radius 3 is 2.63 bits per heavy atom. The molecule has 3 N–H and O–H groups in total. The van der Waals surface area contributed by atoms with E-state index in [-0.39, 0.29) is 30.0 Å². The van der Waals surface area contributed by atoms with Gasteiger partial charge in [-0.05, 0) is 48.7 Å². The number of phenols is 1. The Kier molecular flexibility index (Phi) is 5.59. The van der Waals surface area contributed by atoms with Gasteiger partial charge in [-0.2, -0.15) is 0 Å². The number of hydrogen-bond donors (Lipinski definition) is 3. The standard InChI is InChI=1S/C19H23NO6S/c1-12(7-13-3-6-17-18(8-13)26-11-25-17)20-10-16(22)14-4-5-15(21)19(9-14)27(2,23)24/h3-6,8-9,12,16,20-22H,7,10-11H2,1-2H3. The third-order valence-corrected chi connectivity index (χ3v) is 5.53. The second kappa shape index (κ2) is 7.75. The summed E-state index contributed by atoms with van der Waals surface area (Å²) in [6, 6.07) is 9.97. The summed E-state index contributed by atoms with van der Waals surface area (Å²) in [4.78, 5) is -0.188. The van der Waals surface area contributed by atoms with E-state index in [4.69, 9.17) is 9.47 Å². The highest BCUT2D eigenvalue weighted by molar-refractivity contribution is 7.90. The molecule has 0 saturated carbocycles. The molecule has 0 aliphatic carbocycles. The molecular formula is C19H23NO6S. The quantitative estimate of drug-likeness (QED) is 0.658. The third-order valence-electron chi connectivity index (χ3n) is 4.41. The molecule has 27 heavy (non-hydrogen) atoms. The van der Waals surface area contributed by atoms with E-state index >= 15 is 0 Å². The summed E-state index contributed by atoms with van der Waals surface area (Å²) >= 11 is 0. The molecule has 1 aliphatic rings. The maximum Gasteiger partial charge on any atom is 0.231 e. The van der Waals surface area contributed by atoms with E-state index in [1.165, 1.54) is 18.2 Å². The molecule has 0 fully saturated rings. The van der Waals surface area contributed by atoms with Crippen LogP contribution in [0.15, 0.2) is 41.3 Å². The second-order valence-electron chi connectivity index (χ2n) is 6.72. The molecule has 0 aromatic heterocycles. The highest BCUT2D eigenvalue weighted by atomic mass is 32.2. The zero-order valence-electron chi connectivity index (χ0n) is 15.2. The Morgan fingerprint density at radius 1 is 1.15 bits per heavy atom. The summed E-state index contributed by atoms with van der Waals surface area (Å²) < 4.78 is 34.1. The van der Waals surface area contributed by atoms with Crippen molar-refractivity contribution < 1.29 is 28.1 Å². The van der Waals surface area contributed by atoms with Gasteiger partial charge in [0.2, 0.25) is 6.79 Å². The lowest BCUT2D eigenvalue weighted by Crippen LogP contribution is -2.32. The highest BCUT2D eigenvalue weighted by Gasteiger charge is 2.18. The van der Waals surface area contributed by atoms with Crippen molar-refractivity contribution in [1.82, 2.24) is 5.32 Å². The van der Waals surface area contributed by atoms with Crippen LogP contribution in [0, 0.1) is 0 Å². The van der Waals surface area contributed by atoms with Crippen molar-refractivity contribution in [3.05, 3.63) is 47.5 Å². The Balaban J connectivity index is 1.59. The lowest BCUT2D eigenvalue weighted by Gasteiger charge is -2.18. The van der Waals surface area contributed by atoms with Crippen LogP contribution in [0.1, 0.15) is 24.2 Å². The minimum absolute atomic E-state index is 0.0755. The molecule has 1 heterocycles. The first-order chi connectivity index (χ1) is 12.7. The fourth-order valence-corrected chi connectivity index (χ4v) is 3.76. The highest BCUT2D eigenvalue weighted by Crippen LogP contribution is 2.32. The molecule has 3 rings (SSSR count). The van der Waals surface area contributed by atoms with E-state index in [9.17, 15) is 18.6 Å². The van der Waals surface area contributed by atoms with Gasteiger partial charge in [-0.15, -0.1) is 0 Å². The third kappa shape index (κ3) is 4.71. The van der Waals surface area contributed by atoms with Gasteiger partial charge in [-0.1, -0.05) is 12.1 Å². The Bertz CT molecular complexity index is 928. The van der Waals surface area contributed by atoms with Crippen LogP contribution in [0.3, 0.4) is 0 Å². The lowest BCUT2D eigenvalue weighted by atomic mass is 10.1. The van der Waals surface area contributed by atoms with Crippen LogP contribution in [0.4, 0.5) is 0 Å². The van der Waals surface area contributed by atoms with Crippen molar-refractivity contribution in [3.8, 4) is 17.2 Å². The Labute approximate surface area is 158 Å². The van der Waals surface area contributed by atoms with Crippen LogP contribution in [-0.4, -0.2) is 44.3 Å². The number of rotatable bonds is 7. The van der Waals surface area contributed by atoms with E-state index in [2.05, 4.69) is 5.32 Å². The summed E-state index contributed by atoms with van der Waals surface area (Å²) in [7, 11) is -3.57. The predicted molar refractivity (Wildman–Crippen MR) is 99.9 cm³/mol. The van der Waals surface area contributed by atoms with Gasteiger partial charge in [0.25, 0.3) is 0 Å². The molecule has 2 unspecified atom stereocenters. The average Bonchev–Trinajstić information content (AvgIpc) is 3.06. The number of sulfone groups is 1. The summed E-state index contributed by atoms with van der Waals surface area (Å²) in [5.41, 5.74) is 1.51. The van der Waals surface area contributed by atoms with E-state index in [1.54, 1.807) is 0 Å². The normalized spacial score (nSPS) is 15.5. The number of fused-ring (bicyclic) bond motifs is 1. The minimum atomic E-state index is -3.57. The number of nitrogens with one attached hydrogen (secondary N) is 1. The number of aliphatic hydroxyl groups is 1. The van der Waals surface area contributed by atoms with Gasteiger partial charge in [0.05, 0.1) is 6.10 Å². The summed E-state index contributed by atoms with van der Waals surface area (Å²) in [5.74, 6) is 1.15. The molecule has 0 amide bonds. The zero-order valence-corrected chi connectivity index (χ0v) is 16.0. The first-order valence-corrected chi connectivity index (χ1v) is 10.5. The first-order valence-electron chi connectivity index (χ1n) is 8.57. The van der Waals surface area contributed by atoms with Crippen molar-refractivity contribution >= 4 is 9.84 Å². The summed E-state index contributed by atoms with van der Waals surface area (Å²) in [5, 5.41) is 23.3. The number of phenolic OH excluding ortho intramolecular Hbond substituents is 1. The van der Waals surface area contributed by atoms with Crippen LogP contribution in [0.25, 0.3) is 0 Å². The Hall–Kier alpha value is -2.29. The van der Waals surface area contributed by atoms with Crippen molar-refractivity contribution in [3.63, 3.8) is 0 Å². The van der Waals surface area contributed by atoms with E-state index in [0.717, 1.165) is 29.7 Å². The number of benzene rings is 2. The first kappa shape index (κ1) is 19.5. The predicted octanol–water partition coefficient (Wildman–Crippen LogP) is 1.78. The van der Waals surface area contributed by atoms with E-state index in [0.29, 0.717) is 5.56 Å². The molecule has 1 aliphatic heterocycles. The van der Waals surface area contributed by atoms with Gasteiger partial charge in [0, 0.05) is 18.8 Å². The molecule has 2 aromatic rings. The van der Waals surface area contributed by atoms with Crippen LogP contribution >= 0.6 is 0 Å². The fraction of sp³-hybridized carbons (Fsp3) is 0.368. The molecule has 8 heteroatoms. The number of hydrogen-bond acceptors (Lipinski definition) is 7. The summed E-state index contributed by atoms with van der Waals surface area (Å²) in [6.45, 7) is 2.48. The molecule has 0 spiro atoms. The lowest BCUT2D eigenvalue weighted by molar-refractivity contribution is 0.170. The van der Waals surface area contributed by atoms with Crippen molar-refractivity contribution in [2.45, 2.75) is 30.4 Å². The van der Waals surface area contributed by atoms with Crippen LogP contribution in [0.2, 0.25) is 0 Å². The topological polar surface area (TPSA) is 105 Å². The molecule has 0 saturated heterocycles. The smallest absolute Gasteiger partial charge is 0.231 e. The van der Waals surface area contributed by atoms with Crippen LogP contribution in [0.5, 0.6) is 17.2 Å². The SMILES string of the molecule is CC(Cc1ccc2c(c1)OCO2)NCC(O)c1ccc(O)c(S(C)(=O)=O)c1. The van der Waals surface area contributed by atoms with Gasteiger partial charge in [0.15, 0.2) is 21.3 Å². The molecule has 2 atom stereocenters. The monoisotopic (exact) mass is 393 g/mol. The molecule has 0 radical (unpaired) electrons. The molecular weight excluding hydrogens is 370 g/mol. The maximum absolute atomic E-state index is 11.7. The van der Waals surface area contributed by atoms with Gasteiger partial charge in [-0.3, -0.25) is 0 Å². The van der Waals surface area contributed by atoms with Crippen LogP contribution in [-0.2, 0) is 16.3 Å². The van der Waals surface area contributed by atoms with Gasteiger partial charge in [-0.25, -0.2) is 8.42 Å². The van der Waals surface area contributed by atoms with E-state index < -0.39 is 15.9 Å². The minimum Gasteiger partial charge on any atom is -0.507 e. The van der Waals surface area contributed by atoms with Gasteiger partial charge >= 0.3 is 0 Å². The van der Waals surface area contributed by atoms with Crippen LogP contribution < -0.4 is 14.8 Å². The zero-order chi connectivity index (χ0) is 19.6. The van der Waals surface area contributed by atoms with Crippen molar-refractivity contribution in [2.75, 3.05) is 19.6 Å². The largest absolute Gasteiger partial charge is 0.507 e. The average molecular weight is 393 g/mol. The Morgan fingerprint density at radius 2 is 1.89 bits per heavy atom. The number of aliphatic hydroxyl groups excluding tert-OH is 1. The fourth-order valence-electron chi connectivity index (χ4n) is 2.96. The van der Waals surface area contributed by atoms with Crippen molar-refractivity contribution in [1.29, 1.82) is 0 Å². The van der Waals surface area contributed by atoms with Gasteiger partial charge < -0.3 is 25.0 Å². The van der Waals surface area contributed by atoms with Gasteiger partial charge in [0.1, 0.15) is 10.6 Å². The molecule has 0 bridgehead atoms. The summed E-state index contributed by atoms with van der Waals surface area (Å²) in [6.07, 6.45) is 0.850. The maximum atomic E-state index is 11.7.